The van der Waals surface area contributed by atoms with Crippen LogP contribution in [0.3, 0.4) is 0 Å². The van der Waals surface area contributed by atoms with E-state index >= 15 is 0 Å². The number of ether oxygens (including phenoxy) is 1. The molecule has 0 atom stereocenters. The van der Waals surface area contributed by atoms with Gasteiger partial charge in [-0.15, -0.1) is 10.2 Å². The molecule has 1 saturated heterocycles. The molecule has 3 aromatic rings. The van der Waals surface area contributed by atoms with Gasteiger partial charge in [0.25, 0.3) is 5.56 Å². The van der Waals surface area contributed by atoms with Gasteiger partial charge in [-0.05, 0) is 30.7 Å². The molecular formula is C19H20N6O2. The van der Waals surface area contributed by atoms with E-state index in [0.29, 0.717) is 30.5 Å². The lowest BCUT2D eigenvalue weighted by atomic mass is 10.1. The zero-order valence-electron chi connectivity index (χ0n) is 15.0. The average molecular weight is 364 g/mol. The number of aromatic amines is 1. The fraction of sp³-hybridized carbons (Fsp3) is 0.263. The molecule has 8 nitrogen and oxygen atoms in total. The summed E-state index contributed by atoms with van der Waals surface area (Å²) in [6.45, 7) is 4.91. The highest BCUT2D eigenvalue weighted by atomic mass is 16.5. The normalized spacial score (nSPS) is 14.2. The van der Waals surface area contributed by atoms with Crippen LogP contribution in [0.4, 0.5) is 17.5 Å². The summed E-state index contributed by atoms with van der Waals surface area (Å²) in [5, 5.41) is 11.8. The first-order chi connectivity index (χ1) is 13.2. The number of nitrogens with zero attached hydrogens (tertiary/aromatic N) is 4. The largest absolute Gasteiger partial charge is 0.378 e. The predicted octanol–water partition coefficient (Wildman–Crippen LogP) is 2.12. The Morgan fingerprint density at radius 3 is 2.63 bits per heavy atom. The molecule has 4 rings (SSSR count). The second kappa shape index (κ2) is 7.55. The third-order valence-electron chi connectivity index (χ3n) is 4.33. The van der Waals surface area contributed by atoms with Crippen LogP contribution in [0, 0.1) is 6.92 Å². The van der Waals surface area contributed by atoms with Crippen molar-refractivity contribution in [1.82, 2.24) is 20.2 Å². The Morgan fingerprint density at radius 2 is 1.89 bits per heavy atom. The molecule has 27 heavy (non-hydrogen) atoms. The molecule has 0 radical (unpaired) electrons. The van der Waals surface area contributed by atoms with Gasteiger partial charge in [-0.2, -0.15) is 0 Å². The molecule has 138 valence electrons. The molecule has 0 saturated carbocycles. The summed E-state index contributed by atoms with van der Waals surface area (Å²) >= 11 is 0. The standard InChI is InChI=1S/C19H20N6O2/c1-13-11-16(25-7-9-27-10-8-25)23-24-18(13)15-12-17(26)22-19(21-15)20-14-5-3-2-4-6-14/h2-6,11-12H,7-10H2,1H3,(H2,20,21,22,26). The number of para-hydroxylation sites is 1. The summed E-state index contributed by atoms with van der Waals surface area (Å²) in [6, 6.07) is 12.9. The molecule has 0 unspecified atom stereocenters. The highest BCUT2D eigenvalue weighted by Crippen LogP contribution is 2.22. The van der Waals surface area contributed by atoms with Crippen molar-refractivity contribution in [2.24, 2.45) is 0 Å². The summed E-state index contributed by atoms with van der Waals surface area (Å²) < 4.78 is 5.37. The van der Waals surface area contributed by atoms with E-state index in [1.165, 1.54) is 6.07 Å². The van der Waals surface area contributed by atoms with Crippen LogP contribution in [0.15, 0.2) is 47.3 Å². The smallest absolute Gasteiger partial charge is 0.252 e. The Bertz CT molecular complexity index is 983. The molecule has 3 heterocycles. The minimum atomic E-state index is -0.253. The number of rotatable bonds is 4. The molecule has 1 fully saturated rings. The topological polar surface area (TPSA) is 96.0 Å². The van der Waals surface area contributed by atoms with E-state index < -0.39 is 0 Å². The number of morpholine rings is 1. The maximum Gasteiger partial charge on any atom is 0.252 e. The maximum atomic E-state index is 12.1. The van der Waals surface area contributed by atoms with Crippen LogP contribution >= 0.6 is 0 Å². The quantitative estimate of drug-likeness (QED) is 0.732. The predicted molar refractivity (Wildman–Crippen MR) is 103 cm³/mol. The summed E-state index contributed by atoms with van der Waals surface area (Å²) in [4.78, 5) is 21.4. The second-order valence-electron chi connectivity index (χ2n) is 6.30. The van der Waals surface area contributed by atoms with Crippen LogP contribution in [0.1, 0.15) is 5.56 Å². The molecule has 2 N–H and O–H groups in total. The number of benzene rings is 1. The van der Waals surface area contributed by atoms with Gasteiger partial charge >= 0.3 is 0 Å². The first-order valence-corrected chi connectivity index (χ1v) is 8.80. The lowest BCUT2D eigenvalue weighted by molar-refractivity contribution is 0.122. The Morgan fingerprint density at radius 1 is 1.11 bits per heavy atom. The van der Waals surface area contributed by atoms with Crippen LogP contribution in [0.25, 0.3) is 11.4 Å². The zero-order valence-corrected chi connectivity index (χ0v) is 15.0. The van der Waals surface area contributed by atoms with Gasteiger partial charge in [0.15, 0.2) is 5.82 Å². The van der Waals surface area contributed by atoms with Crippen molar-refractivity contribution in [1.29, 1.82) is 0 Å². The van der Waals surface area contributed by atoms with Gasteiger partial charge in [0.2, 0.25) is 5.95 Å². The van der Waals surface area contributed by atoms with E-state index in [0.717, 1.165) is 30.2 Å². The first kappa shape index (κ1) is 17.2. The number of hydrogen-bond acceptors (Lipinski definition) is 7. The van der Waals surface area contributed by atoms with E-state index in [-0.39, 0.29) is 5.56 Å². The van der Waals surface area contributed by atoms with Crippen molar-refractivity contribution in [2.45, 2.75) is 6.92 Å². The van der Waals surface area contributed by atoms with E-state index in [4.69, 9.17) is 4.74 Å². The molecule has 0 amide bonds. The van der Waals surface area contributed by atoms with Gasteiger partial charge in [0.05, 0.1) is 13.2 Å². The molecule has 0 bridgehead atoms. The number of H-pyrrole nitrogens is 1. The van der Waals surface area contributed by atoms with Crippen molar-refractivity contribution < 1.29 is 4.74 Å². The van der Waals surface area contributed by atoms with Gasteiger partial charge in [-0.1, -0.05) is 18.2 Å². The van der Waals surface area contributed by atoms with E-state index in [2.05, 4.69) is 30.4 Å². The molecule has 2 aromatic heterocycles. The van der Waals surface area contributed by atoms with Crippen LogP contribution in [-0.2, 0) is 4.74 Å². The van der Waals surface area contributed by atoms with E-state index in [9.17, 15) is 4.79 Å². The summed E-state index contributed by atoms with van der Waals surface area (Å²) in [5.74, 6) is 1.18. The van der Waals surface area contributed by atoms with Gasteiger partial charge in [0.1, 0.15) is 11.4 Å². The zero-order chi connectivity index (χ0) is 18.6. The molecule has 1 aliphatic rings. The Labute approximate surface area is 156 Å². The third-order valence-corrected chi connectivity index (χ3v) is 4.33. The first-order valence-electron chi connectivity index (χ1n) is 8.80. The third kappa shape index (κ3) is 3.95. The van der Waals surface area contributed by atoms with Gasteiger partial charge in [-0.3, -0.25) is 9.78 Å². The number of nitrogens with one attached hydrogen (secondary N) is 2. The van der Waals surface area contributed by atoms with Gasteiger partial charge in [-0.25, -0.2) is 4.98 Å². The summed E-state index contributed by atoms with van der Waals surface area (Å²) in [5.41, 5.74) is 2.57. The number of aromatic nitrogens is 4. The lowest BCUT2D eigenvalue weighted by Crippen LogP contribution is -2.37. The van der Waals surface area contributed by atoms with Crippen molar-refractivity contribution in [2.75, 3.05) is 36.5 Å². The Balaban J connectivity index is 1.63. The SMILES string of the molecule is Cc1cc(N2CCOCC2)nnc1-c1cc(=O)[nH]c(Nc2ccccc2)n1. The number of anilines is 3. The maximum absolute atomic E-state index is 12.1. The van der Waals surface area contributed by atoms with Crippen molar-refractivity contribution in [3.8, 4) is 11.4 Å². The number of hydrogen-bond donors (Lipinski definition) is 2. The lowest BCUT2D eigenvalue weighted by Gasteiger charge is -2.27. The molecule has 1 aromatic carbocycles. The Kier molecular flexibility index (Phi) is 4.80. The van der Waals surface area contributed by atoms with Crippen molar-refractivity contribution in [3.05, 3.63) is 58.4 Å². The molecule has 0 aliphatic carbocycles. The van der Waals surface area contributed by atoms with Gasteiger partial charge < -0.3 is 15.0 Å². The Hall–Kier alpha value is -3.26. The van der Waals surface area contributed by atoms with Crippen LogP contribution in [-0.4, -0.2) is 46.5 Å². The van der Waals surface area contributed by atoms with Crippen molar-refractivity contribution in [3.63, 3.8) is 0 Å². The number of aryl methyl sites for hydroxylation is 1. The summed E-state index contributed by atoms with van der Waals surface area (Å²) in [7, 11) is 0. The van der Waals surface area contributed by atoms with Crippen LogP contribution in [0.5, 0.6) is 0 Å². The molecular weight excluding hydrogens is 344 g/mol. The summed E-state index contributed by atoms with van der Waals surface area (Å²) in [6.07, 6.45) is 0. The van der Waals surface area contributed by atoms with Crippen molar-refractivity contribution >= 4 is 17.5 Å². The minimum absolute atomic E-state index is 0.253. The van der Waals surface area contributed by atoms with E-state index in [1.807, 2.05) is 43.3 Å². The van der Waals surface area contributed by atoms with Gasteiger partial charge in [0, 0.05) is 24.8 Å². The van der Waals surface area contributed by atoms with E-state index in [1.54, 1.807) is 0 Å². The fourth-order valence-electron chi connectivity index (χ4n) is 2.97. The average Bonchev–Trinajstić information content (AvgIpc) is 2.69. The molecule has 8 heteroatoms. The molecule has 0 spiro atoms. The fourth-order valence-corrected chi connectivity index (χ4v) is 2.97. The second-order valence-corrected chi connectivity index (χ2v) is 6.30. The highest BCUT2D eigenvalue weighted by molar-refractivity contribution is 5.62. The highest BCUT2D eigenvalue weighted by Gasteiger charge is 2.16. The minimum Gasteiger partial charge on any atom is -0.378 e. The molecule has 1 aliphatic heterocycles. The monoisotopic (exact) mass is 364 g/mol. The van der Waals surface area contributed by atoms with Crippen LogP contribution < -0.4 is 15.8 Å². The van der Waals surface area contributed by atoms with Crippen LogP contribution in [0.2, 0.25) is 0 Å².